The van der Waals surface area contributed by atoms with Crippen molar-refractivity contribution in [2.24, 2.45) is 0 Å². The maximum atomic E-state index is 11.4. The molecular formula is C11H11NO2. The predicted molar refractivity (Wildman–Crippen MR) is 53.5 cm³/mol. The molecule has 0 atom stereocenters. The topological polar surface area (TPSA) is 46.2 Å². The highest BCUT2D eigenvalue weighted by molar-refractivity contribution is 6.51. The Labute approximate surface area is 82.1 Å². The highest BCUT2D eigenvalue weighted by atomic mass is 16.2. The molecule has 0 saturated carbocycles. The summed E-state index contributed by atoms with van der Waals surface area (Å²) < 4.78 is 0. The number of rotatable bonds is 1. The minimum atomic E-state index is -0.514. The van der Waals surface area contributed by atoms with Gasteiger partial charge in [-0.25, -0.2) is 0 Å². The van der Waals surface area contributed by atoms with Crippen LogP contribution < -0.4 is 5.32 Å². The van der Waals surface area contributed by atoms with E-state index in [0.29, 0.717) is 11.3 Å². The smallest absolute Gasteiger partial charge is 0.296 e. The summed E-state index contributed by atoms with van der Waals surface area (Å²) in [5, 5.41) is 2.61. The van der Waals surface area contributed by atoms with Crippen LogP contribution in [0.2, 0.25) is 0 Å². The molecule has 3 nitrogen and oxygen atoms in total. The standard InChI is InChI=1S/C11H11NO2/c1-3-7-4-6(2)5-8-9(7)12-11(14)10(8)13/h4-5H,3H2,1-2H3,(H,12,13,14). The third-order valence-corrected chi connectivity index (χ3v) is 2.43. The number of anilines is 1. The Hall–Kier alpha value is -1.64. The van der Waals surface area contributed by atoms with E-state index >= 15 is 0 Å². The molecule has 1 N–H and O–H groups in total. The number of carbonyl (C=O) groups excluding carboxylic acids is 2. The lowest BCUT2D eigenvalue weighted by molar-refractivity contribution is -0.112. The number of carbonyl (C=O) groups is 2. The number of hydrogen-bond donors (Lipinski definition) is 1. The molecule has 0 bridgehead atoms. The maximum absolute atomic E-state index is 11.4. The normalized spacial score (nSPS) is 14.1. The first-order valence-corrected chi connectivity index (χ1v) is 4.62. The molecule has 3 heteroatoms. The first-order valence-electron chi connectivity index (χ1n) is 4.62. The van der Waals surface area contributed by atoms with Crippen LogP contribution in [0.5, 0.6) is 0 Å². The van der Waals surface area contributed by atoms with Gasteiger partial charge in [0.15, 0.2) is 0 Å². The van der Waals surface area contributed by atoms with E-state index in [1.165, 1.54) is 0 Å². The Bertz CT molecular complexity index is 435. The van der Waals surface area contributed by atoms with Crippen molar-refractivity contribution in [3.63, 3.8) is 0 Å². The van der Waals surface area contributed by atoms with Gasteiger partial charge >= 0.3 is 0 Å². The zero-order valence-electron chi connectivity index (χ0n) is 8.18. The van der Waals surface area contributed by atoms with E-state index in [0.717, 1.165) is 17.5 Å². The van der Waals surface area contributed by atoms with Crippen LogP contribution in [0.4, 0.5) is 5.69 Å². The van der Waals surface area contributed by atoms with E-state index in [9.17, 15) is 9.59 Å². The number of hydrogen-bond acceptors (Lipinski definition) is 2. The molecule has 1 aliphatic heterocycles. The van der Waals surface area contributed by atoms with Crippen LogP contribution in [0.1, 0.15) is 28.4 Å². The average Bonchev–Trinajstić information content (AvgIpc) is 2.43. The molecule has 1 amide bonds. The second-order valence-electron chi connectivity index (χ2n) is 3.48. The van der Waals surface area contributed by atoms with Crippen molar-refractivity contribution in [2.75, 3.05) is 5.32 Å². The molecule has 0 radical (unpaired) electrons. The number of aryl methyl sites for hydroxylation is 2. The maximum Gasteiger partial charge on any atom is 0.296 e. The molecule has 1 heterocycles. The number of amides is 1. The Morgan fingerprint density at radius 1 is 1.29 bits per heavy atom. The van der Waals surface area contributed by atoms with E-state index < -0.39 is 11.7 Å². The van der Waals surface area contributed by atoms with E-state index in [1.807, 2.05) is 19.9 Å². The van der Waals surface area contributed by atoms with Crippen molar-refractivity contribution in [2.45, 2.75) is 20.3 Å². The average molecular weight is 189 g/mol. The van der Waals surface area contributed by atoms with E-state index in [4.69, 9.17) is 0 Å². The van der Waals surface area contributed by atoms with E-state index in [1.54, 1.807) is 6.07 Å². The molecule has 0 unspecified atom stereocenters. The number of Topliss-reactive ketones (excluding diaryl/α,β-unsaturated/α-hetero) is 1. The molecule has 0 aromatic heterocycles. The third-order valence-electron chi connectivity index (χ3n) is 2.43. The third kappa shape index (κ3) is 1.13. The highest BCUT2D eigenvalue weighted by Gasteiger charge is 2.29. The van der Waals surface area contributed by atoms with Crippen LogP contribution in [-0.2, 0) is 11.2 Å². The summed E-state index contributed by atoms with van der Waals surface area (Å²) in [5.74, 6) is -0.932. The van der Waals surface area contributed by atoms with E-state index in [2.05, 4.69) is 5.32 Å². The molecule has 1 aliphatic rings. The summed E-state index contributed by atoms with van der Waals surface area (Å²) in [6.07, 6.45) is 0.817. The fourth-order valence-electron chi connectivity index (χ4n) is 1.76. The minimum absolute atomic E-state index is 0.418. The van der Waals surface area contributed by atoms with Gasteiger partial charge in [-0.2, -0.15) is 0 Å². The van der Waals surface area contributed by atoms with Crippen LogP contribution in [0.25, 0.3) is 0 Å². The Kier molecular flexibility index (Phi) is 1.88. The second-order valence-corrected chi connectivity index (χ2v) is 3.48. The number of ketones is 1. The SMILES string of the molecule is CCc1cc(C)cc2c1NC(=O)C2=O. The molecule has 1 aromatic carbocycles. The quantitative estimate of drug-likeness (QED) is 0.683. The Morgan fingerprint density at radius 2 is 2.00 bits per heavy atom. The molecule has 0 aliphatic carbocycles. The highest BCUT2D eigenvalue weighted by Crippen LogP contribution is 2.28. The van der Waals surface area contributed by atoms with Crippen molar-refractivity contribution in [1.82, 2.24) is 0 Å². The summed E-state index contributed by atoms with van der Waals surface area (Å²) in [5.41, 5.74) is 3.27. The summed E-state index contributed by atoms with van der Waals surface area (Å²) in [7, 11) is 0. The molecule has 0 saturated heterocycles. The number of benzene rings is 1. The molecule has 2 rings (SSSR count). The van der Waals surface area contributed by atoms with Gasteiger partial charge in [-0.1, -0.05) is 13.0 Å². The van der Waals surface area contributed by atoms with Gasteiger partial charge in [0.05, 0.1) is 11.3 Å². The summed E-state index contributed by atoms with van der Waals surface area (Å²) >= 11 is 0. The van der Waals surface area contributed by atoms with Crippen molar-refractivity contribution in [1.29, 1.82) is 0 Å². The fraction of sp³-hybridized carbons (Fsp3) is 0.273. The zero-order valence-corrected chi connectivity index (χ0v) is 8.18. The lowest BCUT2D eigenvalue weighted by Crippen LogP contribution is -2.12. The van der Waals surface area contributed by atoms with Crippen LogP contribution in [-0.4, -0.2) is 11.7 Å². The predicted octanol–water partition coefficient (Wildman–Crippen LogP) is 1.69. The van der Waals surface area contributed by atoms with Crippen molar-refractivity contribution in [3.8, 4) is 0 Å². The Morgan fingerprint density at radius 3 is 2.64 bits per heavy atom. The molecule has 0 spiro atoms. The molecule has 72 valence electrons. The van der Waals surface area contributed by atoms with Gasteiger partial charge in [-0.05, 0) is 30.5 Å². The molecular weight excluding hydrogens is 178 g/mol. The fourth-order valence-corrected chi connectivity index (χ4v) is 1.76. The minimum Gasteiger partial charge on any atom is -0.318 e. The second kappa shape index (κ2) is 2.94. The summed E-state index contributed by atoms with van der Waals surface area (Å²) in [6.45, 7) is 3.93. The van der Waals surface area contributed by atoms with Crippen LogP contribution in [0, 0.1) is 6.92 Å². The van der Waals surface area contributed by atoms with Gasteiger partial charge in [0.2, 0.25) is 0 Å². The van der Waals surface area contributed by atoms with Gasteiger partial charge < -0.3 is 5.32 Å². The van der Waals surface area contributed by atoms with Crippen molar-refractivity contribution in [3.05, 3.63) is 28.8 Å². The van der Waals surface area contributed by atoms with E-state index in [-0.39, 0.29) is 0 Å². The molecule has 1 aromatic rings. The van der Waals surface area contributed by atoms with Crippen LogP contribution in [0.3, 0.4) is 0 Å². The largest absolute Gasteiger partial charge is 0.318 e. The monoisotopic (exact) mass is 189 g/mol. The summed E-state index contributed by atoms with van der Waals surface area (Å²) in [6, 6.07) is 3.76. The zero-order chi connectivity index (χ0) is 10.3. The first-order chi connectivity index (χ1) is 6.63. The Balaban J connectivity index is 2.67. The van der Waals surface area contributed by atoms with Gasteiger partial charge in [0.1, 0.15) is 0 Å². The number of fused-ring (bicyclic) bond motifs is 1. The first kappa shape index (κ1) is 8.94. The van der Waals surface area contributed by atoms with Crippen molar-refractivity contribution >= 4 is 17.4 Å². The van der Waals surface area contributed by atoms with Crippen LogP contribution >= 0.6 is 0 Å². The van der Waals surface area contributed by atoms with Gasteiger partial charge in [-0.3, -0.25) is 9.59 Å². The van der Waals surface area contributed by atoms with Gasteiger partial charge in [-0.15, -0.1) is 0 Å². The summed E-state index contributed by atoms with van der Waals surface area (Å²) in [4.78, 5) is 22.6. The lowest BCUT2D eigenvalue weighted by atomic mass is 10.0. The lowest BCUT2D eigenvalue weighted by Gasteiger charge is -2.05. The molecule has 14 heavy (non-hydrogen) atoms. The van der Waals surface area contributed by atoms with Crippen molar-refractivity contribution < 1.29 is 9.59 Å². The van der Waals surface area contributed by atoms with Crippen LogP contribution in [0.15, 0.2) is 12.1 Å². The van der Waals surface area contributed by atoms with Gasteiger partial charge in [0.25, 0.3) is 11.7 Å². The molecule has 0 fully saturated rings. The van der Waals surface area contributed by atoms with Gasteiger partial charge in [0, 0.05) is 0 Å². The number of nitrogens with one attached hydrogen (secondary N) is 1.